The molecule has 0 N–H and O–H groups in total. The van der Waals surface area contributed by atoms with Gasteiger partial charge < -0.3 is 9.47 Å². The fraction of sp³-hybridized carbons (Fsp3) is 0. The Morgan fingerprint density at radius 3 is 1.96 bits per heavy atom. The lowest BCUT2D eigenvalue weighted by Crippen LogP contribution is -2.10. The molecule has 0 amide bonds. The number of anilines is 3. The van der Waals surface area contributed by atoms with Gasteiger partial charge in [-0.2, -0.15) is 0 Å². The highest BCUT2D eigenvalue weighted by Crippen LogP contribution is 2.44. The summed E-state index contributed by atoms with van der Waals surface area (Å²) >= 11 is 1.86. The van der Waals surface area contributed by atoms with E-state index in [9.17, 15) is 0 Å². The first kappa shape index (κ1) is 27.9. The topological polar surface area (TPSA) is 8.17 Å². The second-order valence-electron chi connectivity index (χ2n) is 12.6. The molecule has 49 heavy (non-hydrogen) atoms. The van der Waals surface area contributed by atoms with Crippen LogP contribution in [0.3, 0.4) is 0 Å². The number of para-hydroxylation sites is 2. The number of rotatable bonds is 5. The largest absolute Gasteiger partial charge is 0.310 e. The molecule has 0 radical (unpaired) electrons. The van der Waals surface area contributed by atoms with Crippen molar-refractivity contribution in [3.63, 3.8) is 0 Å². The number of hydrogen-bond acceptors (Lipinski definition) is 2. The maximum absolute atomic E-state index is 2.43. The second kappa shape index (κ2) is 11.2. The van der Waals surface area contributed by atoms with Crippen LogP contribution in [0.15, 0.2) is 182 Å². The number of nitrogens with zero attached hydrogens (tertiary/aromatic N) is 2. The zero-order valence-electron chi connectivity index (χ0n) is 26.6. The number of benzene rings is 8. The molecular formula is C46H30N2S. The Morgan fingerprint density at radius 1 is 0.388 bits per heavy atom. The Balaban J connectivity index is 1.17. The van der Waals surface area contributed by atoms with Crippen LogP contribution in [0, 0.1) is 0 Å². The Bertz CT molecular complexity index is 2840. The molecule has 0 saturated carbocycles. The molecule has 10 rings (SSSR count). The van der Waals surface area contributed by atoms with Gasteiger partial charge in [-0.1, -0.05) is 121 Å². The third-order valence-electron chi connectivity index (χ3n) is 9.75. The SMILES string of the molecule is c1ccc(-n2c3ccccc3c3ccc(-c4cccc(N(c5ccc6c(c5)sc5ccccc56)c5cccc6ccccc56)c4)cc32)cc1. The van der Waals surface area contributed by atoms with E-state index in [4.69, 9.17) is 0 Å². The van der Waals surface area contributed by atoms with Crippen molar-refractivity contribution >= 4 is 81.1 Å². The van der Waals surface area contributed by atoms with Gasteiger partial charge >= 0.3 is 0 Å². The van der Waals surface area contributed by atoms with E-state index >= 15 is 0 Å². The van der Waals surface area contributed by atoms with Crippen molar-refractivity contribution < 1.29 is 0 Å². The van der Waals surface area contributed by atoms with E-state index < -0.39 is 0 Å². The molecule has 8 aromatic carbocycles. The molecule has 10 aromatic rings. The molecule has 2 heterocycles. The van der Waals surface area contributed by atoms with Crippen LogP contribution in [0.4, 0.5) is 17.1 Å². The summed E-state index contributed by atoms with van der Waals surface area (Å²) in [6.45, 7) is 0. The quantitative estimate of drug-likeness (QED) is 0.181. The van der Waals surface area contributed by atoms with Crippen molar-refractivity contribution in [3.05, 3.63) is 182 Å². The van der Waals surface area contributed by atoms with Crippen LogP contribution in [-0.2, 0) is 0 Å². The molecule has 0 unspecified atom stereocenters. The lowest BCUT2D eigenvalue weighted by Gasteiger charge is -2.27. The van der Waals surface area contributed by atoms with E-state index in [-0.39, 0.29) is 0 Å². The van der Waals surface area contributed by atoms with Crippen molar-refractivity contribution in [3.8, 4) is 16.8 Å². The summed E-state index contributed by atoms with van der Waals surface area (Å²) < 4.78 is 5.00. The first-order chi connectivity index (χ1) is 24.3. The lowest BCUT2D eigenvalue weighted by atomic mass is 10.0. The molecule has 0 aliphatic carbocycles. The molecule has 0 atom stereocenters. The number of fused-ring (bicyclic) bond motifs is 7. The highest BCUT2D eigenvalue weighted by molar-refractivity contribution is 7.25. The van der Waals surface area contributed by atoms with Crippen LogP contribution in [0.5, 0.6) is 0 Å². The minimum atomic E-state index is 1.12. The molecule has 2 aromatic heterocycles. The van der Waals surface area contributed by atoms with Gasteiger partial charge in [-0.3, -0.25) is 0 Å². The van der Waals surface area contributed by atoms with Crippen LogP contribution >= 0.6 is 11.3 Å². The monoisotopic (exact) mass is 642 g/mol. The van der Waals surface area contributed by atoms with Gasteiger partial charge in [0, 0.05) is 53.4 Å². The van der Waals surface area contributed by atoms with Gasteiger partial charge in [0.1, 0.15) is 0 Å². The maximum atomic E-state index is 2.43. The fourth-order valence-electron chi connectivity index (χ4n) is 7.51. The van der Waals surface area contributed by atoms with Gasteiger partial charge in [0.2, 0.25) is 0 Å². The first-order valence-corrected chi connectivity index (χ1v) is 17.5. The van der Waals surface area contributed by atoms with Gasteiger partial charge in [-0.15, -0.1) is 11.3 Å². The smallest absolute Gasteiger partial charge is 0.0547 e. The fourth-order valence-corrected chi connectivity index (χ4v) is 8.65. The molecular weight excluding hydrogens is 613 g/mol. The molecule has 0 aliphatic rings. The normalized spacial score (nSPS) is 11.7. The second-order valence-corrected chi connectivity index (χ2v) is 13.7. The summed E-state index contributed by atoms with van der Waals surface area (Å²) in [6.07, 6.45) is 0. The predicted octanol–water partition coefficient (Wildman–Crippen LogP) is 13.4. The predicted molar refractivity (Wildman–Crippen MR) is 211 cm³/mol. The Kier molecular flexibility index (Phi) is 6.39. The van der Waals surface area contributed by atoms with Gasteiger partial charge in [0.15, 0.2) is 0 Å². The first-order valence-electron chi connectivity index (χ1n) is 16.7. The van der Waals surface area contributed by atoms with E-state index in [1.807, 2.05) is 11.3 Å². The van der Waals surface area contributed by atoms with Gasteiger partial charge in [0.25, 0.3) is 0 Å². The summed E-state index contributed by atoms with van der Waals surface area (Å²) in [5, 5.41) is 7.59. The number of aromatic nitrogens is 1. The molecule has 0 fully saturated rings. The Hall–Kier alpha value is -6.16. The summed E-state index contributed by atoms with van der Waals surface area (Å²) in [4.78, 5) is 2.43. The summed E-state index contributed by atoms with van der Waals surface area (Å²) in [5.74, 6) is 0. The van der Waals surface area contributed by atoms with Gasteiger partial charge in [0.05, 0.1) is 16.7 Å². The van der Waals surface area contributed by atoms with Gasteiger partial charge in [-0.05, 0) is 77.2 Å². The average Bonchev–Trinajstić information content (AvgIpc) is 3.70. The molecule has 230 valence electrons. The van der Waals surface area contributed by atoms with E-state index in [0.29, 0.717) is 0 Å². The van der Waals surface area contributed by atoms with E-state index in [2.05, 4.69) is 191 Å². The molecule has 2 nitrogen and oxygen atoms in total. The van der Waals surface area contributed by atoms with E-state index in [0.717, 1.165) is 17.1 Å². The molecule has 0 saturated heterocycles. The summed E-state index contributed by atoms with van der Waals surface area (Å²) in [5.41, 5.74) is 9.38. The van der Waals surface area contributed by atoms with Crippen LogP contribution in [-0.4, -0.2) is 4.57 Å². The van der Waals surface area contributed by atoms with Crippen molar-refractivity contribution in [2.45, 2.75) is 0 Å². The van der Waals surface area contributed by atoms with Crippen LogP contribution in [0.1, 0.15) is 0 Å². The highest BCUT2D eigenvalue weighted by Gasteiger charge is 2.18. The van der Waals surface area contributed by atoms with Crippen LogP contribution < -0.4 is 4.90 Å². The molecule has 0 bridgehead atoms. The molecule has 3 heteroatoms. The average molecular weight is 643 g/mol. The van der Waals surface area contributed by atoms with Crippen molar-refractivity contribution in [1.29, 1.82) is 0 Å². The standard InChI is InChI=1S/C46H30N2S/c1-2-15-34(16-3-1)48-43-21-8-6-19-38(43)39-26-24-33(29-44(39)48)32-14-10-17-35(28-32)47(42-22-11-13-31-12-4-5-18-37(31)42)36-25-27-41-40-20-7-9-23-45(40)49-46(41)30-36/h1-30H. The van der Waals surface area contributed by atoms with Crippen molar-refractivity contribution in [1.82, 2.24) is 4.57 Å². The maximum Gasteiger partial charge on any atom is 0.0547 e. The number of hydrogen-bond donors (Lipinski definition) is 0. The van der Waals surface area contributed by atoms with E-state index in [1.54, 1.807) is 0 Å². The Labute approximate surface area is 288 Å². The summed E-state index contributed by atoms with van der Waals surface area (Å²) in [6, 6.07) is 66.2. The van der Waals surface area contributed by atoms with Crippen LogP contribution in [0.25, 0.3) is 69.6 Å². The zero-order chi connectivity index (χ0) is 32.3. The zero-order valence-corrected chi connectivity index (χ0v) is 27.4. The highest BCUT2D eigenvalue weighted by atomic mass is 32.1. The van der Waals surface area contributed by atoms with Gasteiger partial charge in [-0.25, -0.2) is 0 Å². The summed E-state index contributed by atoms with van der Waals surface area (Å²) in [7, 11) is 0. The minimum Gasteiger partial charge on any atom is -0.310 e. The number of thiophene rings is 1. The minimum absolute atomic E-state index is 1.12. The van der Waals surface area contributed by atoms with Crippen LogP contribution in [0.2, 0.25) is 0 Å². The molecule has 0 aliphatic heterocycles. The lowest BCUT2D eigenvalue weighted by molar-refractivity contribution is 1.18. The van der Waals surface area contributed by atoms with E-state index in [1.165, 1.54) is 69.6 Å². The Morgan fingerprint density at radius 2 is 1.04 bits per heavy atom. The molecule has 0 spiro atoms. The third kappa shape index (κ3) is 4.55. The van der Waals surface area contributed by atoms with Crippen molar-refractivity contribution in [2.75, 3.05) is 4.90 Å². The van der Waals surface area contributed by atoms with Crippen molar-refractivity contribution in [2.24, 2.45) is 0 Å². The third-order valence-corrected chi connectivity index (χ3v) is 10.9.